The number of amides is 1. The second-order valence-electron chi connectivity index (χ2n) is 4.98. The molecule has 7 nitrogen and oxygen atoms in total. The molecular weight excluding hydrogens is 272 g/mol. The standard InChI is InChI=1S/C14H20N4O3/c1-3-16(4-2)14(19)12-6-5-9-17(12)11-7-8-15-10-13(11)18(20)21/h7-8,10,12H,3-6,9H2,1-2H3/t12-/m0/s1. The maximum atomic E-state index is 12.6. The molecule has 0 aliphatic carbocycles. The van der Waals surface area contributed by atoms with Crippen LogP contribution in [0.1, 0.15) is 26.7 Å². The highest BCUT2D eigenvalue weighted by atomic mass is 16.6. The highest BCUT2D eigenvalue weighted by Gasteiger charge is 2.35. The number of likely N-dealkylation sites (N-methyl/N-ethyl adjacent to an activating group) is 1. The average Bonchev–Trinajstić information content (AvgIpc) is 2.97. The van der Waals surface area contributed by atoms with Gasteiger partial charge in [-0.1, -0.05) is 0 Å². The number of carbonyl (C=O) groups is 1. The van der Waals surface area contributed by atoms with Gasteiger partial charge in [0.15, 0.2) is 0 Å². The van der Waals surface area contributed by atoms with E-state index in [4.69, 9.17) is 0 Å². The zero-order valence-electron chi connectivity index (χ0n) is 12.4. The average molecular weight is 292 g/mol. The van der Waals surface area contributed by atoms with Crippen molar-refractivity contribution in [2.45, 2.75) is 32.7 Å². The predicted octanol–water partition coefficient (Wildman–Crippen LogP) is 1.83. The summed E-state index contributed by atoms with van der Waals surface area (Å²) in [5.74, 6) is 0.0450. The second-order valence-corrected chi connectivity index (χ2v) is 4.98. The van der Waals surface area contributed by atoms with Crippen molar-refractivity contribution in [3.63, 3.8) is 0 Å². The van der Waals surface area contributed by atoms with Gasteiger partial charge in [0.2, 0.25) is 5.91 Å². The summed E-state index contributed by atoms with van der Waals surface area (Å²) in [5, 5.41) is 11.1. The number of nitrogens with zero attached hydrogens (tertiary/aromatic N) is 4. The monoisotopic (exact) mass is 292 g/mol. The first-order valence-corrected chi connectivity index (χ1v) is 7.24. The number of carbonyl (C=O) groups excluding carboxylic acids is 1. The van der Waals surface area contributed by atoms with E-state index < -0.39 is 4.92 Å². The molecule has 0 aromatic carbocycles. The Morgan fingerprint density at radius 2 is 2.24 bits per heavy atom. The van der Waals surface area contributed by atoms with E-state index in [0.717, 1.165) is 12.8 Å². The van der Waals surface area contributed by atoms with E-state index in [1.165, 1.54) is 12.4 Å². The van der Waals surface area contributed by atoms with Crippen LogP contribution in [0.2, 0.25) is 0 Å². The molecule has 2 rings (SSSR count). The van der Waals surface area contributed by atoms with Gasteiger partial charge in [-0.2, -0.15) is 0 Å². The van der Waals surface area contributed by atoms with Crippen LogP contribution in [-0.4, -0.2) is 46.4 Å². The molecule has 1 atom stereocenters. The minimum absolute atomic E-state index is 0.0447. The molecule has 0 bridgehead atoms. The maximum Gasteiger partial charge on any atom is 0.310 e. The van der Waals surface area contributed by atoms with Crippen molar-refractivity contribution >= 4 is 17.3 Å². The summed E-state index contributed by atoms with van der Waals surface area (Å²) in [6.07, 6.45) is 4.36. The quantitative estimate of drug-likeness (QED) is 0.611. The number of pyridine rings is 1. The molecule has 0 radical (unpaired) electrons. The predicted molar refractivity (Wildman–Crippen MR) is 79.2 cm³/mol. The number of anilines is 1. The van der Waals surface area contributed by atoms with Crippen molar-refractivity contribution in [3.05, 3.63) is 28.6 Å². The Hall–Kier alpha value is -2.18. The lowest BCUT2D eigenvalue weighted by Gasteiger charge is -2.30. The van der Waals surface area contributed by atoms with Crippen LogP contribution in [0, 0.1) is 10.1 Å². The van der Waals surface area contributed by atoms with E-state index in [1.807, 2.05) is 18.7 Å². The number of rotatable bonds is 5. The van der Waals surface area contributed by atoms with Gasteiger partial charge in [0.05, 0.1) is 4.92 Å². The molecule has 7 heteroatoms. The number of hydrogen-bond donors (Lipinski definition) is 0. The topological polar surface area (TPSA) is 79.6 Å². The van der Waals surface area contributed by atoms with Crippen LogP contribution in [0.4, 0.5) is 11.4 Å². The van der Waals surface area contributed by atoms with E-state index in [-0.39, 0.29) is 17.6 Å². The molecule has 114 valence electrons. The van der Waals surface area contributed by atoms with Crippen LogP contribution in [0.15, 0.2) is 18.5 Å². The molecule has 1 aliphatic heterocycles. The van der Waals surface area contributed by atoms with Crippen LogP contribution in [0.25, 0.3) is 0 Å². The lowest BCUT2D eigenvalue weighted by atomic mass is 10.1. The lowest BCUT2D eigenvalue weighted by molar-refractivity contribution is -0.384. The molecule has 1 aliphatic rings. The Morgan fingerprint density at radius 3 is 2.86 bits per heavy atom. The first-order chi connectivity index (χ1) is 10.1. The SMILES string of the molecule is CCN(CC)C(=O)[C@@H]1CCCN1c1ccncc1[N+](=O)[O-]. The van der Waals surface area contributed by atoms with Gasteiger partial charge >= 0.3 is 5.69 Å². The molecule has 1 amide bonds. The molecule has 1 fully saturated rings. The van der Waals surface area contributed by atoms with Gasteiger partial charge in [-0.05, 0) is 32.8 Å². The summed E-state index contributed by atoms with van der Waals surface area (Å²) in [4.78, 5) is 30.7. The highest BCUT2D eigenvalue weighted by molar-refractivity contribution is 5.87. The van der Waals surface area contributed by atoms with Gasteiger partial charge in [-0.3, -0.25) is 19.9 Å². The van der Waals surface area contributed by atoms with Crippen molar-refractivity contribution in [2.75, 3.05) is 24.5 Å². The summed E-state index contributed by atoms with van der Waals surface area (Å²) in [7, 11) is 0. The van der Waals surface area contributed by atoms with E-state index in [1.54, 1.807) is 11.0 Å². The van der Waals surface area contributed by atoms with E-state index >= 15 is 0 Å². The minimum Gasteiger partial charge on any atom is -0.354 e. The second kappa shape index (κ2) is 6.51. The summed E-state index contributed by atoms with van der Waals surface area (Å²) in [6.45, 7) is 5.84. The Balaban J connectivity index is 2.31. The van der Waals surface area contributed by atoms with Crippen molar-refractivity contribution in [2.24, 2.45) is 0 Å². The normalized spacial score (nSPS) is 17.8. The van der Waals surface area contributed by atoms with Crippen LogP contribution in [0.3, 0.4) is 0 Å². The van der Waals surface area contributed by atoms with Gasteiger partial charge in [0, 0.05) is 25.8 Å². The lowest BCUT2D eigenvalue weighted by Crippen LogP contribution is -2.45. The number of aromatic nitrogens is 1. The fourth-order valence-electron chi connectivity index (χ4n) is 2.82. The van der Waals surface area contributed by atoms with E-state index in [9.17, 15) is 14.9 Å². The van der Waals surface area contributed by atoms with E-state index in [0.29, 0.717) is 25.3 Å². The fraction of sp³-hybridized carbons (Fsp3) is 0.571. The smallest absolute Gasteiger partial charge is 0.310 e. The molecule has 1 aromatic rings. The summed E-state index contributed by atoms with van der Waals surface area (Å²) in [6, 6.07) is 1.30. The zero-order valence-corrected chi connectivity index (χ0v) is 12.4. The zero-order chi connectivity index (χ0) is 15.4. The van der Waals surface area contributed by atoms with Gasteiger partial charge in [-0.15, -0.1) is 0 Å². The largest absolute Gasteiger partial charge is 0.354 e. The molecule has 21 heavy (non-hydrogen) atoms. The third-order valence-electron chi connectivity index (χ3n) is 3.90. The third kappa shape index (κ3) is 2.96. The highest BCUT2D eigenvalue weighted by Crippen LogP contribution is 2.33. The number of nitro groups is 1. The summed E-state index contributed by atoms with van der Waals surface area (Å²) in [5.41, 5.74) is 0.440. The summed E-state index contributed by atoms with van der Waals surface area (Å²) < 4.78 is 0. The molecule has 0 N–H and O–H groups in total. The Labute approximate surface area is 123 Å². The molecule has 0 unspecified atom stereocenters. The van der Waals surface area contributed by atoms with Crippen LogP contribution < -0.4 is 4.90 Å². The number of hydrogen-bond acceptors (Lipinski definition) is 5. The van der Waals surface area contributed by atoms with Crippen molar-refractivity contribution < 1.29 is 9.72 Å². The minimum atomic E-state index is -0.445. The molecule has 2 heterocycles. The molecular formula is C14H20N4O3. The van der Waals surface area contributed by atoms with Gasteiger partial charge < -0.3 is 9.80 Å². The van der Waals surface area contributed by atoms with Gasteiger partial charge in [0.1, 0.15) is 17.9 Å². The molecule has 1 saturated heterocycles. The van der Waals surface area contributed by atoms with Crippen LogP contribution >= 0.6 is 0 Å². The van der Waals surface area contributed by atoms with Gasteiger partial charge in [-0.25, -0.2) is 0 Å². The van der Waals surface area contributed by atoms with Crippen molar-refractivity contribution in [3.8, 4) is 0 Å². The third-order valence-corrected chi connectivity index (χ3v) is 3.90. The Bertz CT molecular complexity index is 531. The Morgan fingerprint density at radius 1 is 1.52 bits per heavy atom. The first kappa shape index (κ1) is 15.2. The van der Waals surface area contributed by atoms with Crippen LogP contribution in [0.5, 0.6) is 0 Å². The Kier molecular flexibility index (Phi) is 4.72. The molecule has 1 aromatic heterocycles. The van der Waals surface area contributed by atoms with Crippen LogP contribution in [-0.2, 0) is 4.79 Å². The first-order valence-electron chi connectivity index (χ1n) is 7.24. The maximum absolute atomic E-state index is 12.6. The van der Waals surface area contributed by atoms with Crippen molar-refractivity contribution in [1.82, 2.24) is 9.88 Å². The van der Waals surface area contributed by atoms with Crippen molar-refractivity contribution in [1.29, 1.82) is 0 Å². The van der Waals surface area contributed by atoms with Gasteiger partial charge in [0.25, 0.3) is 0 Å². The molecule has 0 saturated carbocycles. The fourth-order valence-corrected chi connectivity index (χ4v) is 2.82. The summed E-state index contributed by atoms with van der Waals surface area (Å²) >= 11 is 0. The molecule has 0 spiro atoms. The van der Waals surface area contributed by atoms with E-state index in [2.05, 4.69) is 4.98 Å².